The van der Waals surface area contributed by atoms with Crippen LogP contribution in [0.15, 0.2) is 24.3 Å². The van der Waals surface area contributed by atoms with Crippen molar-refractivity contribution in [1.29, 1.82) is 0 Å². The quantitative estimate of drug-likeness (QED) is 0.865. The van der Waals surface area contributed by atoms with Gasteiger partial charge in [0, 0.05) is 31.4 Å². The van der Waals surface area contributed by atoms with Gasteiger partial charge in [0.2, 0.25) is 11.8 Å². The highest BCUT2D eigenvalue weighted by Gasteiger charge is 2.23. The molecule has 23 heavy (non-hydrogen) atoms. The number of hydrogen-bond donors (Lipinski definition) is 2. The van der Waals surface area contributed by atoms with Crippen molar-refractivity contribution in [1.82, 2.24) is 5.32 Å². The number of benzene rings is 1. The summed E-state index contributed by atoms with van der Waals surface area (Å²) < 4.78 is 5.34. The Balaban J connectivity index is 1.98. The fourth-order valence-corrected chi connectivity index (χ4v) is 2.55. The van der Waals surface area contributed by atoms with Crippen LogP contribution in [0.3, 0.4) is 0 Å². The topological polar surface area (TPSA) is 70.7 Å². The summed E-state index contributed by atoms with van der Waals surface area (Å²) in [6.45, 7) is 8.47. The van der Waals surface area contributed by atoms with Crippen molar-refractivity contribution in [2.75, 3.05) is 36.5 Å². The monoisotopic (exact) mass is 319 g/mol. The Hall–Kier alpha value is -2.08. The molecule has 1 saturated heterocycles. The Kier molecular flexibility index (Phi) is 5.98. The summed E-state index contributed by atoms with van der Waals surface area (Å²) in [7, 11) is 0. The molecule has 1 aliphatic rings. The van der Waals surface area contributed by atoms with Crippen LogP contribution in [0, 0.1) is 5.92 Å². The summed E-state index contributed by atoms with van der Waals surface area (Å²) in [5.41, 5.74) is 1.84. The molecule has 1 fully saturated rings. The number of carbonyl (C=O) groups is 2. The maximum Gasteiger partial charge on any atom is 0.247 e. The summed E-state index contributed by atoms with van der Waals surface area (Å²) in [6.07, 6.45) is 0. The van der Waals surface area contributed by atoms with Gasteiger partial charge in [-0.15, -0.1) is 0 Å². The molecular weight excluding hydrogens is 294 g/mol. The molecule has 1 aliphatic heterocycles. The van der Waals surface area contributed by atoms with Crippen LogP contribution in [-0.2, 0) is 14.3 Å². The molecule has 2 rings (SSSR count). The van der Waals surface area contributed by atoms with Gasteiger partial charge in [-0.2, -0.15) is 0 Å². The van der Waals surface area contributed by atoms with Crippen LogP contribution in [0.4, 0.5) is 11.4 Å². The highest BCUT2D eigenvalue weighted by atomic mass is 16.5. The second kappa shape index (κ2) is 7.97. The van der Waals surface area contributed by atoms with Gasteiger partial charge in [-0.1, -0.05) is 13.8 Å². The lowest BCUT2D eigenvalue weighted by Gasteiger charge is -2.29. The number of anilines is 2. The molecule has 1 atom stereocenters. The number of carbonyl (C=O) groups excluding carboxylic acids is 2. The Bertz CT molecular complexity index is 537. The van der Waals surface area contributed by atoms with E-state index in [9.17, 15) is 9.59 Å². The zero-order chi connectivity index (χ0) is 16.8. The fraction of sp³-hybridized carbons (Fsp3) is 0.529. The first-order valence-electron chi connectivity index (χ1n) is 7.98. The molecular formula is C17H25N3O3. The lowest BCUT2D eigenvalue weighted by molar-refractivity contribution is -0.126. The van der Waals surface area contributed by atoms with E-state index in [1.807, 2.05) is 38.1 Å². The molecule has 1 aromatic carbocycles. The Morgan fingerprint density at radius 2 is 1.74 bits per heavy atom. The molecule has 126 valence electrons. The molecule has 6 nitrogen and oxygen atoms in total. The van der Waals surface area contributed by atoms with Crippen molar-refractivity contribution in [3.8, 4) is 0 Å². The number of rotatable bonds is 5. The van der Waals surface area contributed by atoms with Crippen LogP contribution in [-0.4, -0.2) is 44.2 Å². The van der Waals surface area contributed by atoms with Crippen LogP contribution in [0.25, 0.3) is 0 Å². The van der Waals surface area contributed by atoms with E-state index in [1.165, 1.54) is 6.92 Å². The molecule has 2 N–H and O–H groups in total. The Labute approximate surface area is 137 Å². The SMILES string of the molecule is CC(=O)NC(C(=O)Nc1ccc(N2CCOCC2)cc1)C(C)C. The summed E-state index contributed by atoms with van der Waals surface area (Å²) in [4.78, 5) is 25.8. The number of amides is 2. The third kappa shape index (κ3) is 4.96. The Morgan fingerprint density at radius 3 is 2.26 bits per heavy atom. The van der Waals surface area contributed by atoms with Crippen molar-refractivity contribution in [3.05, 3.63) is 24.3 Å². The van der Waals surface area contributed by atoms with Gasteiger partial charge in [-0.25, -0.2) is 0 Å². The van der Waals surface area contributed by atoms with E-state index < -0.39 is 6.04 Å². The third-order valence-electron chi connectivity index (χ3n) is 3.82. The Morgan fingerprint density at radius 1 is 1.13 bits per heavy atom. The van der Waals surface area contributed by atoms with Crippen molar-refractivity contribution in [2.24, 2.45) is 5.92 Å². The standard InChI is InChI=1S/C17H25N3O3/c1-12(2)16(18-13(3)21)17(22)19-14-4-6-15(7-5-14)20-8-10-23-11-9-20/h4-7,12,16H,8-11H2,1-3H3,(H,18,21)(H,19,22). The molecule has 0 bridgehead atoms. The molecule has 0 aliphatic carbocycles. The van der Waals surface area contributed by atoms with E-state index in [0.29, 0.717) is 0 Å². The third-order valence-corrected chi connectivity index (χ3v) is 3.82. The minimum Gasteiger partial charge on any atom is -0.378 e. The molecule has 1 aromatic rings. The second-order valence-corrected chi connectivity index (χ2v) is 6.06. The van der Waals surface area contributed by atoms with Gasteiger partial charge in [-0.3, -0.25) is 9.59 Å². The van der Waals surface area contributed by atoms with Crippen LogP contribution in [0.1, 0.15) is 20.8 Å². The van der Waals surface area contributed by atoms with Crippen molar-refractivity contribution in [3.63, 3.8) is 0 Å². The maximum atomic E-state index is 12.3. The highest BCUT2D eigenvalue weighted by molar-refractivity contribution is 5.97. The molecule has 0 aromatic heterocycles. The van der Waals surface area contributed by atoms with Crippen molar-refractivity contribution in [2.45, 2.75) is 26.8 Å². The number of hydrogen-bond acceptors (Lipinski definition) is 4. The van der Waals surface area contributed by atoms with Crippen LogP contribution in [0.5, 0.6) is 0 Å². The number of morpholine rings is 1. The average molecular weight is 319 g/mol. The first kappa shape index (κ1) is 17.3. The van der Waals surface area contributed by atoms with Crippen LogP contribution < -0.4 is 15.5 Å². The molecule has 0 spiro atoms. The first-order chi connectivity index (χ1) is 11.0. The summed E-state index contributed by atoms with van der Waals surface area (Å²) in [6, 6.07) is 7.21. The summed E-state index contributed by atoms with van der Waals surface area (Å²) >= 11 is 0. The van der Waals surface area contributed by atoms with Gasteiger partial charge in [0.1, 0.15) is 6.04 Å². The van der Waals surface area contributed by atoms with E-state index in [-0.39, 0.29) is 17.7 Å². The van der Waals surface area contributed by atoms with E-state index in [1.54, 1.807) is 0 Å². The molecule has 0 saturated carbocycles. The van der Waals surface area contributed by atoms with Gasteiger partial charge in [0.15, 0.2) is 0 Å². The van der Waals surface area contributed by atoms with Gasteiger partial charge >= 0.3 is 0 Å². The van der Waals surface area contributed by atoms with Crippen LogP contribution >= 0.6 is 0 Å². The molecule has 1 heterocycles. The van der Waals surface area contributed by atoms with Gasteiger partial charge in [-0.05, 0) is 30.2 Å². The van der Waals surface area contributed by atoms with E-state index in [4.69, 9.17) is 4.74 Å². The summed E-state index contributed by atoms with van der Waals surface area (Å²) in [5, 5.41) is 5.55. The van der Waals surface area contributed by atoms with Crippen LogP contribution in [0.2, 0.25) is 0 Å². The molecule has 0 radical (unpaired) electrons. The van der Waals surface area contributed by atoms with Gasteiger partial charge < -0.3 is 20.3 Å². The minimum atomic E-state index is -0.536. The molecule has 2 amide bonds. The average Bonchev–Trinajstić information content (AvgIpc) is 2.53. The van der Waals surface area contributed by atoms with E-state index in [2.05, 4.69) is 15.5 Å². The first-order valence-corrected chi connectivity index (χ1v) is 7.98. The number of nitrogens with one attached hydrogen (secondary N) is 2. The predicted molar refractivity (Wildman–Crippen MR) is 90.5 cm³/mol. The number of ether oxygens (including phenoxy) is 1. The second-order valence-electron chi connectivity index (χ2n) is 6.06. The zero-order valence-corrected chi connectivity index (χ0v) is 14.0. The molecule has 6 heteroatoms. The lowest BCUT2D eigenvalue weighted by atomic mass is 10.0. The fourth-order valence-electron chi connectivity index (χ4n) is 2.55. The van der Waals surface area contributed by atoms with Crippen molar-refractivity contribution >= 4 is 23.2 Å². The smallest absolute Gasteiger partial charge is 0.247 e. The van der Waals surface area contributed by atoms with Gasteiger partial charge in [0.25, 0.3) is 0 Å². The normalized spacial score (nSPS) is 16.1. The van der Waals surface area contributed by atoms with E-state index >= 15 is 0 Å². The summed E-state index contributed by atoms with van der Waals surface area (Å²) in [5.74, 6) is -0.387. The predicted octanol–water partition coefficient (Wildman–Crippen LogP) is 1.62. The van der Waals surface area contributed by atoms with Crippen molar-refractivity contribution < 1.29 is 14.3 Å². The maximum absolute atomic E-state index is 12.3. The lowest BCUT2D eigenvalue weighted by Crippen LogP contribution is -2.46. The van der Waals surface area contributed by atoms with Gasteiger partial charge in [0.05, 0.1) is 13.2 Å². The minimum absolute atomic E-state index is 0.0199. The largest absolute Gasteiger partial charge is 0.378 e. The zero-order valence-electron chi connectivity index (χ0n) is 14.0. The van der Waals surface area contributed by atoms with E-state index in [0.717, 1.165) is 37.7 Å². The number of nitrogens with zero attached hydrogens (tertiary/aromatic N) is 1. The highest BCUT2D eigenvalue weighted by Crippen LogP contribution is 2.19. The molecule has 1 unspecified atom stereocenters.